The van der Waals surface area contributed by atoms with E-state index in [0.29, 0.717) is 0 Å². The van der Waals surface area contributed by atoms with Crippen LogP contribution in [0.25, 0.3) is 11.1 Å². The molecule has 0 amide bonds. The van der Waals surface area contributed by atoms with Gasteiger partial charge in [0.05, 0.1) is 31.8 Å². The molecular formula is C22H27BO5. The van der Waals surface area contributed by atoms with Crippen molar-refractivity contribution in [1.29, 1.82) is 0 Å². The van der Waals surface area contributed by atoms with Crippen molar-refractivity contribution in [1.82, 2.24) is 0 Å². The van der Waals surface area contributed by atoms with Gasteiger partial charge in [0, 0.05) is 5.56 Å². The zero-order chi connectivity index (χ0) is 20.5. The van der Waals surface area contributed by atoms with E-state index in [1.54, 1.807) is 7.11 Å². The predicted molar refractivity (Wildman–Crippen MR) is 110 cm³/mol. The number of esters is 1. The molecule has 148 valence electrons. The van der Waals surface area contributed by atoms with E-state index < -0.39 is 7.12 Å². The molecule has 5 nitrogen and oxygen atoms in total. The minimum atomic E-state index is -0.435. The number of rotatable bonds is 5. The molecule has 3 rings (SSSR count). The summed E-state index contributed by atoms with van der Waals surface area (Å²) >= 11 is 0. The van der Waals surface area contributed by atoms with Gasteiger partial charge >= 0.3 is 13.1 Å². The maximum absolute atomic E-state index is 11.4. The lowest BCUT2D eigenvalue weighted by Gasteiger charge is -2.32. The van der Waals surface area contributed by atoms with Crippen LogP contribution in [0.15, 0.2) is 42.5 Å². The molecule has 6 heteroatoms. The van der Waals surface area contributed by atoms with Crippen molar-refractivity contribution < 1.29 is 23.6 Å². The summed E-state index contributed by atoms with van der Waals surface area (Å²) in [4.78, 5) is 11.4. The largest absolute Gasteiger partial charge is 0.496 e. The Morgan fingerprint density at radius 2 is 1.57 bits per heavy atom. The molecule has 0 bridgehead atoms. The molecule has 1 fully saturated rings. The summed E-state index contributed by atoms with van der Waals surface area (Å²) in [5, 5.41) is 0. The van der Waals surface area contributed by atoms with Crippen molar-refractivity contribution in [2.45, 2.75) is 45.3 Å². The Balaban J connectivity index is 1.85. The minimum absolute atomic E-state index is 0.253. The molecule has 0 radical (unpaired) electrons. The van der Waals surface area contributed by atoms with Gasteiger partial charge < -0.3 is 18.8 Å². The Bertz CT molecular complexity index is 842. The van der Waals surface area contributed by atoms with Gasteiger partial charge in [-0.3, -0.25) is 4.79 Å². The Morgan fingerprint density at radius 1 is 0.964 bits per heavy atom. The Labute approximate surface area is 167 Å². The van der Waals surface area contributed by atoms with E-state index in [-0.39, 0.29) is 23.6 Å². The highest BCUT2D eigenvalue weighted by molar-refractivity contribution is 6.62. The fourth-order valence-corrected chi connectivity index (χ4v) is 3.11. The van der Waals surface area contributed by atoms with Gasteiger partial charge in [0.2, 0.25) is 0 Å². The predicted octanol–water partition coefficient (Wildman–Crippen LogP) is 3.38. The zero-order valence-electron chi connectivity index (χ0n) is 17.4. The third-order valence-corrected chi connectivity index (χ3v) is 5.59. The van der Waals surface area contributed by atoms with E-state index in [0.717, 1.165) is 27.9 Å². The van der Waals surface area contributed by atoms with Crippen LogP contribution in [-0.2, 0) is 25.3 Å². The molecule has 0 unspecified atom stereocenters. The smallest absolute Gasteiger partial charge is 0.494 e. The first-order chi connectivity index (χ1) is 13.2. The molecule has 1 saturated heterocycles. The molecule has 0 spiro atoms. The van der Waals surface area contributed by atoms with Crippen molar-refractivity contribution in [3.8, 4) is 16.9 Å². The van der Waals surface area contributed by atoms with E-state index >= 15 is 0 Å². The monoisotopic (exact) mass is 382 g/mol. The van der Waals surface area contributed by atoms with Crippen LogP contribution in [0.5, 0.6) is 5.75 Å². The SMILES string of the molecule is COC(=O)Cc1ccc(-c2ccc(B3OC(C)(C)C(C)(C)O3)cc2OC)cc1. The normalized spacial score (nSPS) is 17.4. The highest BCUT2D eigenvalue weighted by Crippen LogP contribution is 2.37. The summed E-state index contributed by atoms with van der Waals surface area (Å²) < 4.78 is 22.6. The summed E-state index contributed by atoms with van der Waals surface area (Å²) in [5.74, 6) is 0.491. The number of carbonyl (C=O) groups excluding carboxylic acids is 1. The van der Waals surface area contributed by atoms with Gasteiger partial charge in [-0.15, -0.1) is 0 Å². The van der Waals surface area contributed by atoms with Crippen LogP contribution in [0.2, 0.25) is 0 Å². The van der Waals surface area contributed by atoms with Crippen LogP contribution in [0.4, 0.5) is 0 Å². The molecule has 0 aromatic heterocycles. The summed E-state index contributed by atoms with van der Waals surface area (Å²) in [7, 11) is 2.61. The fourth-order valence-electron chi connectivity index (χ4n) is 3.11. The molecule has 1 heterocycles. The van der Waals surface area contributed by atoms with Crippen LogP contribution in [0.1, 0.15) is 33.3 Å². The second-order valence-corrected chi connectivity index (χ2v) is 8.00. The average molecular weight is 382 g/mol. The summed E-state index contributed by atoms with van der Waals surface area (Å²) in [6.07, 6.45) is 0.259. The Hall–Kier alpha value is -2.31. The van der Waals surface area contributed by atoms with Gasteiger partial charge in [0.1, 0.15) is 5.75 Å². The number of carbonyl (C=O) groups is 1. The summed E-state index contributed by atoms with van der Waals surface area (Å²) in [6.45, 7) is 8.14. The highest BCUT2D eigenvalue weighted by atomic mass is 16.7. The van der Waals surface area contributed by atoms with E-state index in [2.05, 4.69) is 0 Å². The van der Waals surface area contributed by atoms with Crippen molar-refractivity contribution in [3.05, 3.63) is 48.0 Å². The first-order valence-electron chi connectivity index (χ1n) is 9.36. The van der Waals surface area contributed by atoms with E-state index in [1.807, 2.05) is 70.2 Å². The third-order valence-electron chi connectivity index (χ3n) is 5.59. The Kier molecular flexibility index (Phi) is 5.55. The number of methoxy groups -OCH3 is 2. The second kappa shape index (κ2) is 7.61. The van der Waals surface area contributed by atoms with Gasteiger partial charge in [0.15, 0.2) is 0 Å². The quantitative estimate of drug-likeness (QED) is 0.586. The molecule has 1 aliphatic heterocycles. The maximum Gasteiger partial charge on any atom is 0.494 e. The van der Waals surface area contributed by atoms with E-state index in [1.165, 1.54) is 7.11 Å². The minimum Gasteiger partial charge on any atom is -0.496 e. The van der Waals surface area contributed by atoms with Gasteiger partial charge in [-0.2, -0.15) is 0 Å². The molecule has 2 aromatic carbocycles. The van der Waals surface area contributed by atoms with Crippen molar-refractivity contribution >= 4 is 18.6 Å². The zero-order valence-corrected chi connectivity index (χ0v) is 17.4. The molecule has 0 atom stereocenters. The maximum atomic E-state index is 11.4. The summed E-state index contributed by atoms with van der Waals surface area (Å²) in [6, 6.07) is 13.8. The van der Waals surface area contributed by atoms with Crippen LogP contribution in [0, 0.1) is 0 Å². The van der Waals surface area contributed by atoms with Crippen molar-refractivity contribution in [2.24, 2.45) is 0 Å². The van der Waals surface area contributed by atoms with E-state index in [9.17, 15) is 4.79 Å². The molecule has 1 aliphatic rings. The molecule has 0 N–H and O–H groups in total. The van der Waals surface area contributed by atoms with Crippen LogP contribution in [-0.4, -0.2) is 38.5 Å². The van der Waals surface area contributed by atoms with Crippen LogP contribution >= 0.6 is 0 Å². The van der Waals surface area contributed by atoms with Crippen molar-refractivity contribution in [3.63, 3.8) is 0 Å². The van der Waals surface area contributed by atoms with E-state index in [4.69, 9.17) is 18.8 Å². The lowest BCUT2D eigenvalue weighted by Crippen LogP contribution is -2.41. The first-order valence-corrected chi connectivity index (χ1v) is 9.36. The van der Waals surface area contributed by atoms with Gasteiger partial charge in [0.25, 0.3) is 0 Å². The summed E-state index contributed by atoms with van der Waals surface area (Å²) in [5.41, 5.74) is 3.02. The van der Waals surface area contributed by atoms with Gasteiger partial charge in [-0.05, 0) is 50.4 Å². The number of hydrogen-bond donors (Lipinski definition) is 0. The van der Waals surface area contributed by atoms with Crippen LogP contribution < -0.4 is 10.2 Å². The lowest BCUT2D eigenvalue weighted by molar-refractivity contribution is -0.139. The third kappa shape index (κ3) is 3.93. The number of hydrogen-bond acceptors (Lipinski definition) is 5. The molecule has 28 heavy (non-hydrogen) atoms. The topological polar surface area (TPSA) is 54.0 Å². The molecular weight excluding hydrogens is 355 g/mol. The molecule has 2 aromatic rings. The molecule has 0 saturated carbocycles. The number of ether oxygens (including phenoxy) is 2. The molecule has 0 aliphatic carbocycles. The second-order valence-electron chi connectivity index (χ2n) is 8.00. The number of benzene rings is 2. The van der Waals surface area contributed by atoms with Gasteiger partial charge in [-0.25, -0.2) is 0 Å². The average Bonchev–Trinajstić information content (AvgIpc) is 2.89. The lowest BCUT2D eigenvalue weighted by atomic mass is 9.78. The Morgan fingerprint density at radius 3 is 2.11 bits per heavy atom. The first kappa shape index (κ1) is 20.4. The van der Waals surface area contributed by atoms with Crippen LogP contribution in [0.3, 0.4) is 0 Å². The van der Waals surface area contributed by atoms with Gasteiger partial charge in [-0.1, -0.05) is 36.4 Å². The highest BCUT2D eigenvalue weighted by Gasteiger charge is 2.51. The fraction of sp³-hybridized carbons (Fsp3) is 0.409. The standard InChI is InChI=1S/C22H27BO5/c1-21(2)22(3,4)28-23(27-21)17-11-12-18(19(14-17)25-5)16-9-7-15(8-10-16)13-20(24)26-6/h7-12,14H,13H2,1-6H3. The van der Waals surface area contributed by atoms with Crippen molar-refractivity contribution in [2.75, 3.05) is 14.2 Å².